The van der Waals surface area contributed by atoms with Gasteiger partial charge < -0.3 is 9.80 Å². The molecule has 0 N–H and O–H groups in total. The number of alkyl halides is 1. The first kappa shape index (κ1) is 16.2. The van der Waals surface area contributed by atoms with Crippen LogP contribution in [0.5, 0.6) is 0 Å². The molecule has 116 valence electrons. The van der Waals surface area contributed by atoms with Crippen molar-refractivity contribution in [2.75, 3.05) is 38.6 Å². The maximum Gasteiger partial charge on any atom is 0.273 e. The van der Waals surface area contributed by atoms with Crippen LogP contribution in [0.3, 0.4) is 0 Å². The van der Waals surface area contributed by atoms with E-state index in [1.807, 2.05) is 12.1 Å². The van der Waals surface area contributed by atoms with Crippen molar-refractivity contribution in [1.82, 2.24) is 4.90 Å². The van der Waals surface area contributed by atoms with E-state index in [0.29, 0.717) is 5.33 Å². The fourth-order valence-electron chi connectivity index (χ4n) is 2.94. The molecule has 1 fully saturated rings. The minimum Gasteiger partial charge on any atom is -0.371 e. The normalized spacial score (nSPS) is 16.5. The van der Waals surface area contributed by atoms with Gasteiger partial charge in [0.05, 0.1) is 4.92 Å². The first-order chi connectivity index (χ1) is 10.0. The van der Waals surface area contributed by atoms with Crippen LogP contribution in [-0.2, 0) is 5.33 Å². The second-order valence-electron chi connectivity index (χ2n) is 5.90. The minimum absolute atomic E-state index is 0.193. The molecule has 0 amide bonds. The van der Waals surface area contributed by atoms with E-state index in [-0.39, 0.29) is 10.6 Å². The van der Waals surface area contributed by atoms with E-state index in [4.69, 9.17) is 0 Å². The summed E-state index contributed by atoms with van der Waals surface area (Å²) in [6.45, 7) is 3.19. The predicted molar refractivity (Wildman–Crippen MR) is 89.2 cm³/mol. The molecule has 6 heteroatoms. The molecule has 1 heterocycles. The lowest BCUT2D eigenvalue weighted by atomic mass is 9.96. The summed E-state index contributed by atoms with van der Waals surface area (Å²) < 4.78 is 0. The lowest BCUT2D eigenvalue weighted by molar-refractivity contribution is -0.385. The topological polar surface area (TPSA) is 49.6 Å². The summed E-state index contributed by atoms with van der Waals surface area (Å²) in [5, 5.41) is 11.5. The number of hydrogen-bond acceptors (Lipinski definition) is 4. The summed E-state index contributed by atoms with van der Waals surface area (Å²) in [5.41, 5.74) is 2.03. The lowest BCUT2D eigenvalue weighted by Gasteiger charge is -2.34. The second kappa shape index (κ2) is 7.22. The van der Waals surface area contributed by atoms with Gasteiger partial charge in [-0.3, -0.25) is 10.1 Å². The molecule has 1 aromatic carbocycles. The van der Waals surface area contributed by atoms with Crippen LogP contribution in [0.2, 0.25) is 0 Å². The third-order valence-electron chi connectivity index (χ3n) is 4.01. The molecule has 0 unspecified atom stereocenters. The number of nitro benzene ring substituents is 1. The van der Waals surface area contributed by atoms with Crippen LogP contribution in [0.1, 0.15) is 18.4 Å². The number of nitro groups is 1. The molecule has 0 aromatic heterocycles. The van der Waals surface area contributed by atoms with Gasteiger partial charge in [-0.15, -0.1) is 0 Å². The third-order valence-corrected chi connectivity index (χ3v) is 4.61. The number of benzene rings is 1. The molecular weight excluding hydrogens is 334 g/mol. The van der Waals surface area contributed by atoms with E-state index in [2.05, 4.69) is 39.8 Å². The van der Waals surface area contributed by atoms with Gasteiger partial charge in [0.15, 0.2) is 0 Å². The second-order valence-corrected chi connectivity index (χ2v) is 6.46. The Bertz CT molecular complexity index is 500. The molecule has 1 aromatic rings. The van der Waals surface area contributed by atoms with Gasteiger partial charge >= 0.3 is 0 Å². The number of rotatable bonds is 5. The zero-order chi connectivity index (χ0) is 15.4. The van der Waals surface area contributed by atoms with Gasteiger partial charge in [0.1, 0.15) is 0 Å². The Morgan fingerprint density at radius 2 is 2.05 bits per heavy atom. The monoisotopic (exact) mass is 355 g/mol. The summed E-state index contributed by atoms with van der Waals surface area (Å²) in [6.07, 6.45) is 2.36. The van der Waals surface area contributed by atoms with Gasteiger partial charge in [-0.1, -0.05) is 15.9 Å². The fourth-order valence-corrected chi connectivity index (χ4v) is 3.39. The summed E-state index contributed by atoms with van der Waals surface area (Å²) in [5.74, 6) is 0.755. The lowest BCUT2D eigenvalue weighted by Crippen LogP contribution is -2.37. The Hall–Kier alpha value is -1.14. The Labute approximate surface area is 134 Å². The molecule has 5 nitrogen and oxygen atoms in total. The van der Waals surface area contributed by atoms with E-state index in [0.717, 1.165) is 36.8 Å². The van der Waals surface area contributed by atoms with Gasteiger partial charge in [0, 0.05) is 42.3 Å². The van der Waals surface area contributed by atoms with E-state index in [1.165, 1.54) is 12.8 Å². The van der Waals surface area contributed by atoms with Crippen LogP contribution in [0, 0.1) is 16.0 Å². The predicted octanol–water partition coefficient (Wildman–Crippen LogP) is 3.27. The summed E-state index contributed by atoms with van der Waals surface area (Å²) in [6, 6.07) is 5.44. The van der Waals surface area contributed by atoms with E-state index < -0.39 is 0 Å². The Morgan fingerprint density at radius 1 is 1.38 bits per heavy atom. The smallest absolute Gasteiger partial charge is 0.273 e. The molecule has 0 radical (unpaired) electrons. The van der Waals surface area contributed by atoms with Crippen LogP contribution in [0.4, 0.5) is 11.4 Å². The molecule has 0 aliphatic carbocycles. The molecule has 1 aliphatic heterocycles. The Morgan fingerprint density at radius 3 is 2.57 bits per heavy atom. The van der Waals surface area contributed by atoms with Crippen molar-refractivity contribution in [3.8, 4) is 0 Å². The van der Waals surface area contributed by atoms with Crippen LogP contribution < -0.4 is 4.90 Å². The summed E-state index contributed by atoms with van der Waals surface area (Å²) in [7, 11) is 4.23. The van der Waals surface area contributed by atoms with Crippen molar-refractivity contribution >= 4 is 27.3 Å². The molecule has 0 spiro atoms. The molecular formula is C15H22BrN3O2. The van der Waals surface area contributed by atoms with Crippen LogP contribution in [0.15, 0.2) is 18.2 Å². The first-order valence-corrected chi connectivity index (χ1v) is 8.36. The van der Waals surface area contributed by atoms with E-state index in [9.17, 15) is 10.1 Å². The summed E-state index contributed by atoms with van der Waals surface area (Å²) in [4.78, 5) is 15.2. The van der Waals surface area contributed by atoms with E-state index >= 15 is 0 Å². The average Bonchev–Trinajstić information content (AvgIpc) is 2.46. The van der Waals surface area contributed by atoms with Gasteiger partial charge in [0.2, 0.25) is 0 Å². The number of hydrogen-bond donors (Lipinski definition) is 0. The zero-order valence-electron chi connectivity index (χ0n) is 12.6. The number of anilines is 1. The minimum atomic E-state index is -0.316. The quantitative estimate of drug-likeness (QED) is 0.462. The van der Waals surface area contributed by atoms with Crippen LogP contribution in [0.25, 0.3) is 0 Å². The van der Waals surface area contributed by atoms with Crippen molar-refractivity contribution in [2.24, 2.45) is 5.92 Å². The highest BCUT2D eigenvalue weighted by molar-refractivity contribution is 9.08. The largest absolute Gasteiger partial charge is 0.371 e. The van der Waals surface area contributed by atoms with Crippen molar-refractivity contribution in [2.45, 2.75) is 18.2 Å². The Kier molecular flexibility index (Phi) is 5.58. The first-order valence-electron chi connectivity index (χ1n) is 7.24. The van der Waals surface area contributed by atoms with Crippen LogP contribution >= 0.6 is 15.9 Å². The SMILES string of the molecule is CN(C)CC1CCN(c2ccc([N+](=O)[O-])c(CBr)c2)CC1. The van der Waals surface area contributed by atoms with Crippen molar-refractivity contribution in [1.29, 1.82) is 0 Å². The maximum absolute atomic E-state index is 11.0. The molecule has 0 atom stereocenters. The molecule has 0 bridgehead atoms. The highest BCUT2D eigenvalue weighted by Crippen LogP contribution is 2.29. The van der Waals surface area contributed by atoms with Gasteiger partial charge in [-0.05, 0) is 45.0 Å². The summed E-state index contributed by atoms with van der Waals surface area (Å²) >= 11 is 3.34. The molecule has 21 heavy (non-hydrogen) atoms. The standard InChI is InChI=1S/C15H22BrN3O2/c1-17(2)11-12-5-7-18(8-6-12)14-3-4-15(19(20)21)13(9-14)10-16/h3-4,9,12H,5-8,10-11H2,1-2H3. The zero-order valence-corrected chi connectivity index (χ0v) is 14.2. The van der Waals surface area contributed by atoms with Gasteiger partial charge in [-0.2, -0.15) is 0 Å². The van der Waals surface area contributed by atoms with Crippen molar-refractivity contribution < 1.29 is 4.92 Å². The maximum atomic E-state index is 11.0. The average molecular weight is 356 g/mol. The molecule has 2 rings (SSSR count). The van der Waals surface area contributed by atoms with E-state index in [1.54, 1.807) is 6.07 Å². The fraction of sp³-hybridized carbons (Fsp3) is 0.600. The molecule has 1 saturated heterocycles. The third kappa shape index (κ3) is 4.17. The van der Waals surface area contributed by atoms with Crippen LogP contribution in [-0.4, -0.2) is 43.6 Å². The van der Waals surface area contributed by atoms with Crippen molar-refractivity contribution in [3.05, 3.63) is 33.9 Å². The number of nitrogens with zero attached hydrogens (tertiary/aromatic N) is 3. The molecule has 0 saturated carbocycles. The highest BCUT2D eigenvalue weighted by atomic mass is 79.9. The number of piperidine rings is 1. The number of halogens is 1. The van der Waals surface area contributed by atoms with Gasteiger partial charge in [-0.25, -0.2) is 0 Å². The molecule has 1 aliphatic rings. The van der Waals surface area contributed by atoms with Gasteiger partial charge in [0.25, 0.3) is 5.69 Å². The Balaban J connectivity index is 2.05. The van der Waals surface area contributed by atoms with Crippen molar-refractivity contribution in [3.63, 3.8) is 0 Å². The highest BCUT2D eigenvalue weighted by Gasteiger charge is 2.21.